The van der Waals surface area contributed by atoms with Crippen LogP contribution in [0.1, 0.15) is 16.1 Å². The van der Waals surface area contributed by atoms with E-state index in [9.17, 15) is 4.79 Å². The molecule has 0 radical (unpaired) electrons. The van der Waals surface area contributed by atoms with Crippen LogP contribution in [0.5, 0.6) is 0 Å². The van der Waals surface area contributed by atoms with E-state index in [1.54, 1.807) is 42.5 Å². The van der Waals surface area contributed by atoms with Gasteiger partial charge in [0.2, 0.25) is 0 Å². The van der Waals surface area contributed by atoms with E-state index >= 15 is 0 Å². The lowest BCUT2D eigenvalue weighted by molar-refractivity contribution is 0.0950. The molecule has 5 nitrogen and oxygen atoms in total. The Morgan fingerprint density at radius 2 is 1.73 bits per heavy atom. The maximum atomic E-state index is 12.2. The van der Waals surface area contributed by atoms with Gasteiger partial charge < -0.3 is 0 Å². The molecule has 2 N–H and O–H groups in total. The number of nitrogens with one attached hydrogen (secondary N) is 2. The molecule has 0 aliphatic carbocycles. The van der Waals surface area contributed by atoms with Crippen LogP contribution in [0, 0.1) is 0 Å². The molecule has 1 heterocycles. The lowest BCUT2D eigenvalue weighted by atomic mass is 10.1. The molecule has 3 rings (SSSR count). The van der Waals surface area contributed by atoms with Crippen LogP contribution in [0.3, 0.4) is 0 Å². The van der Waals surface area contributed by atoms with Gasteiger partial charge in [0, 0.05) is 11.1 Å². The fourth-order valence-electron chi connectivity index (χ4n) is 2.09. The molecule has 0 spiro atoms. The summed E-state index contributed by atoms with van der Waals surface area (Å²) >= 11 is 24.0. The molecule has 0 saturated carbocycles. The van der Waals surface area contributed by atoms with Crippen molar-refractivity contribution >= 4 is 58.5 Å². The van der Waals surface area contributed by atoms with Crippen molar-refractivity contribution < 1.29 is 4.79 Å². The number of carbonyl (C=O) groups is 1. The van der Waals surface area contributed by atoms with Crippen molar-refractivity contribution in [3.63, 3.8) is 0 Å². The minimum absolute atomic E-state index is 0.230. The van der Waals surface area contributed by atoms with Crippen LogP contribution in [0.25, 0.3) is 11.3 Å². The second-order valence-electron chi connectivity index (χ2n) is 5.13. The van der Waals surface area contributed by atoms with E-state index in [0.29, 0.717) is 31.3 Å². The van der Waals surface area contributed by atoms with Crippen molar-refractivity contribution in [2.75, 3.05) is 0 Å². The molecule has 0 fully saturated rings. The Kier molecular flexibility index (Phi) is 5.84. The van der Waals surface area contributed by atoms with Crippen LogP contribution >= 0.6 is 46.4 Å². The topological polar surface area (TPSA) is 70.1 Å². The highest BCUT2D eigenvalue weighted by Crippen LogP contribution is 2.27. The SMILES string of the molecule is O=C(N/N=C\c1c(Cl)cccc1Cl)c1cc(-c2ccc(Cl)c(Cl)c2)n[nH]1. The van der Waals surface area contributed by atoms with Crippen molar-refractivity contribution in [1.82, 2.24) is 15.6 Å². The average Bonchev–Trinajstić information content (AvgIpc) is 3.10. The number of carbonyl (C=O) groups excluding carboxylic acids is 1. The molecule has 1 amide bonds. The van der Waals surface area contributed by atoms with Gasteiger partial charge in [0.05, 0.1) is 32.0 Å². The van der Waals surface area contributed by atoms with E-state index in [4.69, 9.17) is 46.4 Å². The van der Waals surface area contributed by atoms with Gasteiger partial charge in [-0.3, -0.25) is 9.89 Å². The minimum atomic E-state index is -0.469. The molecule has 9 heteroatoms. The van der Waals surface area contributed by atoms with Gasteiger partial charge >= 0.3 is 0 Å². The first-order chi connectivity index (χ1) is 12.5. The summed E-state index contributed by atoms with van der Waals surface area (Å²) in [6.07, 6.45) is 1.37. The zero-order valence-electron chi connectivity index (χ0n) is 12.9. The zero-order chi connectivity index (χ0) is 18.7. The molecule has 0 saturated heterocycles. The number of halogens is 4. The maximum Gasteiger partial charge on any atom is 0.289 e. The standard InChI is InChI=1S/C17H10Cl4N4O/c18-11-2-1-3-12(19)10(11)8-22-25-17(26)16-7-15(23-24-16)9-4-5-13(20)14(21)6-9/h1-8H,(H,23,24)(H,25,26)/b22-8-. The second-order valence-corrected chi connectivity index (χ2v) is 6.76. The normalized spacial score (nSPS) is 11.1. The van der Waals surface area contributed by atoms with E-state index in [1.165, 1.54) is 6.21 Å². The number of hydrazone groups is 1. The van der Waals surface area contributed by atoms with Gasteiger partial charge in [-0.2, -0.15) is 10.2 Å². The molecule has 0 atom stereocenters. The monoisotopic (exact) mass is 426 g/mol. The highest BCUT2D eigenvalue weighted by Gasteiger charge is 2.11. The Morgan fingerprint density at radius 1 is 1.00 bits per heavy atom. The summed E-state index contributed by atoms with van der Waals surface area (Å²) in [6.45, 7) is 0. The molecule has 0 aliphatic heterocycles. The highest BCUT2D eigenvalue weighted by atomic mass is 35.5. The lowest BCUT2D eigenvalue weighted by Gasteiger charge is -2.00. The van der Waals surface area contributed by atoms with E-state index < -0.39 is 5.91 Å². The van der Waals surface area contributed by atoms with E-state index in [2.05, 4.69) is 20.7 Å². The number of benzene rings is 2. The molecule has 26 heavy (non-hydrogen) atoms. The number of hydrogen-bond acceptors (Lipinski definition) is 3. The van der Waals surface area contributed by atoms with Gasteiger partial charge in [0.25, 0.3) is 5.91 Å². The Labute approximate surface area is 168 Å². The van der Waals surface area contributed by atoms with E-state index in [0.717, 1.165) is 5.56 Å². The van der Waals surface area contributed by atoms with Crippen LogP contribution in [0.15, 0.2) is 47.6 Å². The smallest absolute Gasteiger partial charge is 0.272 e. The molecule has 132 valence electrons. The lowest BCUT2D eigenvalue weighted by Crippen LogP contribution is -2.18. The molecule has 2 aromatic carbocycles. The van der Waals surface area contributed by atoms with Crippen molar-refractivity contribution in [3.8, 4) is 11.3 Å². The van der Waals surface area contributed by atoms with Gasteiger partial charge in [-0.1, -0.05) is 58.5 Å². The first-order valence-electron chi connectivity index (χ1n) is 7.24. The summed E-state index contributed by atoms with van der Waals surface area (Å²) in [5, 5.41) is 12.3. The predicted octanol–water partition coefficient (Wildman–Crippen LogP) is 5.45. The second kappa shape index (κ2) is 8.10. The van der Waals surface area contributed by atoms with Gasteiger partial charge in [-0.05, 0) is 30.3 Å². The van der Waals surface area contributed by atoms with Crippen LogP contribution < -0.4 is 5.43 Å². The summed E-state index contributed by atoms with van der Waals surface area (Å²) in [7, 11) is 0. The van der Waals surface area contributed by atoms with Crippen molar-refractivity contribution in [2.45, 2.75) is 0 Å². The Bertz CT molecular complexity index is 980. The summed E-state index contributed by atoms with van der Waals surface area (Å²) in [5.74, 6) is -0.469. The summed E-state index contributed by atoms with van der Waals surface area (Å²) in [6, 6.07) is 11.7. The minimum Gasteiger partial charge on any atom is -0.272 e. The third-order valence-electron chi connectivity index (χ3n) is 3.40. The average molecular weight is 428 g/mol. The maximum absolute atomic E-state index is 12.2. The largest absolute Gasteiger partial charge is 0.289 e. The third-order valence-corrected chi connectivity index (χ3v) is 4.80. The molecule has 1 aromatic heterocycles. The molecule has 3 aromatic rings. The molecule has 0 unspecified atom stereocenters. The van der Waals surface area contributed by atoms with Gasteiger partial charge in [-0.25, -0.2) is 5.43 Å². The third kappa shape index (κ3) is 4.19. The van der Waals surface area contributed by atoms with Crippen LogP contribution in [0.2, 0.25) is 20.1 Å². The number of aromatic nitrogens is 2. The number of amides is 1. The summed E-state index contributed by atoms with van der Waals surface area (Å²) in [4.78, 5) is 12.2. The first kappa shape index (κ1) is 18.7. The Morgan fingerprint density at radius 3 is 2.42 bits per heavy atom. The van der Waals surface area contributed by atoms with Crippen molar-refractivity contribution in [3.05, 3.63) is 73.8 Å². The number of rotatable bonds is 4. The predicted molar refractivity (Wildman–Crippen MR) is 106 cm³/mol. The Hall–Kier alpha value is -2.05. The summed E-state index contributed by atoms with van der Waals surface area (Å²) < 4.78 is 0. The van der Waals surface area contributed by atoms with Crippen LogP contribution in [-0.2, 0) is 0 Å². The molecular formula is C17H10Cl4N4O. The molecule has 0 aliphatic rings. The summed E-state index contributed by atoms with van der Waals surface area (Å²) in [5.41, 5.74) is 4.39. The first-order valence-corrected chi connectivity index (χ1v) is 8.75. The van der Waals surface area contributed by atoms with Gasteiger partial charge in [0.1, 0.15) is 5.69 Å². The van der Waals surface area contributed by atoms with Gasteiger partial charge in [0.15, 0.2) is 0 Å². The van der Waals surface area contributed by atoms with E-state index in [-0.39, 0.29) is 5.69 Å². The Balaban J connectivity index is 1.72. The van der Waals surface area contributed by atoms with E-state index in [1.807, 2.05) is 0 Å². The highest BCUT2D eigenvalue weighted by molar-refractivity contribution is 6.42. The quantitative estimate of drug-likeness (QED) is 0.429. The number of nitrogens with zero attached hydrogens (tertiary/aromatic N) is 2. The zero-order valence-corrected chi connectivity index (χ0v) is 16.0. The molecule has 0 bridgehead atoms. The van der Waals surface area contributed by atoms with Crippen molar-refractivity contribution in [2.24, 2.45) is 5.10 Å². The van der Waals surface area contributed by atoms with Crippen LogP contribution in [0.4, 0.5) is 0 Å². The molecular weight excluding hydrogens is 418 g/mol. The fourth-order valence-corrected chi connectivity index (χ4v) is 2.88. The fraction of sp³-hybridized carbons (Fsp3) is 0. The van der Waals surface area contributed by atoms with Gasteiger partial charge in [-0.15, -0.1) is 0 Å². The van der Waals surface area contributed by atoms with Crippen LogP contribution in [-0.4, -0.2) is 22.3 Å². The van der Waals surface area contributed by atoms with Crippen molar-refractivity contribution in [1.29, 1.82) is 0 Å². The number of aromatic amines is 1. The number of hydrogen-bond donors (Lipinski definition) is 2. The number of H-pyrrole nitrogens is 1.